The highest BCUT2D eigenvalue weighted by Gasteiger charge is 2.27. The van der Waals surface area contributed by atoms with Gasteiger partial charge in [0, 0.05) is 6.42 Å². The summed E-state index contributed by atoms with van der Waals surface area (Å²) in [4.78, 5) is 12.8. The number of carbonyl (C=O) groups is 1. The topological polar surface area (TPSA) is 117 Å². The van der Waals surface area contributed by atoms with Gasteiger partial charge in [-0.15, -0.1) is 11.3 Å². The number of aryl methyl sites for hydroxylation is 1. The minimum absolute atomic E-state index is 0.0455. The molecule has 0 saturated carbocycles. The number of Topliss-reactive ketones (excluding diaryl/α,β-unsaturated/α-hetero) is 1. The van der Waals surface area contributed by atoms with E-state index in [4.69, 9.17) is 30.3 Å². The summed E-state index contributed by atoms with van der Waals surface area (Å²) in [7, 11) is 0.278. The van der Waals surface area contributed by atoms with Gasteiger partial charge in [0.05, 0.1) is 26.2 Å². The van der Waals surface area contributed by atoms with E-state index in [0.717, 1.165) is 11.3 Å². The van der Waals surface area contributed by atoms with E-state index >= 15 is 0 Å². The van der Waals surface area contributed by atoms with E-state index in [1.165, 1.54) is 32.8 Å². The van der Waals surface area contributed by atoms with Crippen LogP contribution in [0, 0.1) is 6.92 Å². The van der Waals surface area contributed by atoms with Gasteiger partial charge < -0.3 is 18.7 Å². The second-order valence-electron chi connectivity index (χ2n) is 6.26. The molecule has 0 fully saturated rings. The van der Waals surface area contributed by atoms with Crippen molar-refractivity contribution >= 4 is 44.6 Å². The van der Waals surface area contributed by atoms with E-state index in [2.05, 4.69) is 9.88 Å². The molecule has 0 amide bonds. The first-order valence-corrected chi connectivity index (χ1v) is 11.5. The van der Waals surface area contributed by atoms with Crippen molar-refractivity contribution in [1.82, 2.24) is 5.16 Å². The summed E-state index contributed by atoms with van der Waals surface area (Å²) in [6.45, 7) is 1.57. The van der Waals surface area contributed by atoms with E-state index < -0.39 is 15.8 Å². The Labute approximate surface area is 187 Å². The maximum atomic E-state index is 13.0. The minimum Gasteiger partial charge on any atom is -0.493 e. The number of hydrogen-bond donors (Lipinski definition) is 1. The fourth-order valence-corrected chi connectivity index (χ4v) is 5.37. The molecule has 2 heterocycles. The van der Waals surface area contributed by atoms with E-state index in [0.29, 0.717) is 28.5 Å². The van der Waals surface area contributed by atoms with Crippen molar-refractivity contribution in [1.29, 1.82) is 0 Å². The van der Waals surface area contributed by atoms with Gasteiger partial charge in [0.1, 0.15) is 15.6 Å². The third-order valence-corrected chi connectivity index (χ3v) is 7.18. The Morgan fingerprint density at radius 1 is 1.19 bits per heavy atom. The average molecular weight is 487 g/mol. The Bertz CT molecular complexity index is 1190. The number of hydrogen-bond acceptors (Lipinski definition) is 9. The van der Waals surface area contributed by atoms with Crippen LogP contribution in [0.5, 0.6) is 17.2 Å². The lowest BCUT2D eigenvalue weighted by molar-refractivity contribution is 0.0994. The zero-order chi connectivity index (χ0) is 22.8. The Morgan fingerprint density at radius 3 is 2.35 bits per heavy atom. The lowest BCUT2D eigenvalue weighted by Gasteiger charge is -2.14. The lowest BCUT2D eigenvalue weighted by Crippen LogP contribution is -2.16. The highest BCUT2D eigenvalue weighted by atomic mass is 35.5. The van der Waals surface area contributed by atoms with E-state index in [1.54, 1.807) is 19.1 Å². The van der Waals surface area contributed by atoms with Crippen LogP contribution in [0.15, 0.2) is 33.0 Å². The first-order valence-electron chi connectivity index (χ1n) is 8.76. The van der Waals surface area contributed by atoms with Crippen molar-refractivity contribution in [3.05, 3.63) is 44.7 Å². The van der Waals surface area contributed by atoms with Crippen LogP contribution >= 0.6 is 22.9 Å². The number of nitrogens with zero attached hydrogens (tertiary/aromatic N) is 1. The number of benzene rings is 1. The number of aromatic nitrogens is 1. The summed E-state index contributed by atoms with van der Waals surface area (Å²) in [6, 6.07) is 4.61. The monoisotopic (exact) mass is 486 g/mol. The van der Waals surface area contributed by atoms with Crippen LogP contribution in [-0.4, -0.2) is 40.7 Å². The molecule has 166 valence electrons. The standard InChI is InChI=1S/C19H19ClN2O7S2/c1-10-16(20)19(29-21-10)22-31(24,25)15-5-6-30-18(15)12(23)7-11-8-13(26-2)17(28-4)14(9-11)27-3/h5-6,8-9,22H,7H2,1-4H3. The van der Waals surface area contributed by atoms with Crippen LogP contribution in [0.25, 0.3) is 0 Å². The van der Waals surface area contributed by atoms with E-state index in [-0.39, 0.29) is 27.1 Å². The fraction of sp³-hybridized carbons (Fsp3) is 0.263. The molecule has 9 nitrogen and oxygen atoms in total. The molecule has 1 aromatic carbocycles. The van der Waals surface area contributed by atoms with Gasteiger partial charge in [0.2, 0.25) is 5.75 Å². The normalized spacial score (nSPS) is 11.3. The molecule has 0 aliphatic heterocycles. The van der Waals surface area contributed by atoms with Gasteiger partial charge in [0.15, 0.2) is 17.3 Å². The van der Waals surface area contributed by atoms with Gasteiger partial charge in [-0.25, -0.2) is 13.1 Å². The number of ether oxygens (including phenoxy) is 3. The summed E-state index contributed by atoms with van der Waals surface area (Å²) in [5.41, 5.74) is 0.904. The smallest absolute Gasteiger partial charge is 0.265 e. The molecule has 0 radical (unpaired) electrons. The number of anilines is 1. The van der Waals surface area contributed by atoms with Crippen molar-refractivity contribution < 1.29 is 31.9 Å². The van der Waals surface area contributed by atoms with Crippen LogP contribution < -0.4 is 18.9 Å². The number of rotatable bonds is 9. The number of thiophene rings is 1. The van der Waals surface area contributed by atoms with Gasteiger partial charge in [-0.1, -0.05) is 16.8 Å². The quantitative estimate of drug-likeness (QED) is 0.452. The largest absolute Gasteiger partial charge is 0.493 e. The number of ketones is 1. The Kier molecular flexibility index (Phi) is 6.77. The van der Waals surface area contributed by atoms with Crippen LogP contribution in [-0.2, 0) is 16.4 Å². The Balaban J connectivity index is 1.90. The molecule has 0 bridgehead atoms. The third-order valence-electron chi connectivity index (χ3n) is 4.28. The summed E-state index contributed by atoms with van der Waals surface area (Å²) < 4.78 is 48.7. The van der Waals surface area contributed by atoms with Gasteiger partial charge in [0.25, 0.3) is 15.9 Å². The summed E-state index contributed by atoms with van der Waals surface area (Å²) in [5.74, 6) is 0.559. The zero-order valence-electron chi connectivity index (χ0n) is 17.0. The average Bonchev–Trinajstić information content (AvgIpc) is 3.36. The number of methoxy groups -OCH3 is 3. The number of carbonyl (C=O) groups excluding carboxylic acids is 1. The zero-order valence-corrected chi connectivity index (χ0v) is 19.4. The molecule has 12 heteroatoms. The highest BCUT2D eigenvalue weighted by molar-refractivity contribution is 7.93. The first-order chi connectivity index (χ1) is 14.7. The van der Waals surface area contributed by atoms with Gasteiger partial charge in [-0.05, 0) is 36.1 Å². The molecular formula is C19H19ClN2O7S2. The second-order valence-corrected chi connectivity index (χ2v) is 9.21. The van der Waals surface area contributed by atoms with Gasteiger partial charge in [-0.3, -0.25) is 4.79 Å². The first kappa shape index (κ1) is 22.9. The number of nitrogens with one attached hydrogen (secondary N) is 1. The van der Waals surface area contributed by atoms with Gasteiger partial charge >= 0.3 is 0 Å². The SMILES string of the molecule is COc1cc(CC(=O)c2sccc2S(=O)(=O)Nc2onc(C)c2Cl)cc(OC)c1OC. The summed E-state index contributed by atoms with van der Waals surface area (Å²) in [6.07, 6.45) is -0.0814. The van der Waals surface area contributed by atoms with Crippen LogP contribution in [0.2, 0.25) is 5.02 Å². The number of halogens is 1. The second kappa shape index (κ2) is 9.16. The molecule has 0 spiro atoms. The maximum absolute atomic E-state index is 13.0. The molecule has 3 aromatic rings. The van der Waals surface area contributed by atoms with Crippen molar-refractivity contribution in [2.24, 2.45) is 0 Å². The molecule has 2 aromatic heterocycles. The van der Waals surface area contributed by atoms with Gasteiger partial charge in [-0.2, -0.15) is 0 Å². The number of sulfonamides is 1. The highest BCUT2D eigenvalue weighted by Crippen LogP contribution is 2.39. The fourth-order valence-electron chi connectivity index (χ4n) is 2.81. The lowest BCUT2D eigenvalue weighted by atomic mass is 10.1. The van der Waals surface area contributed by atoms with Crippen molar-refractivity contribution in [3.63, 3.8) is 0 Å². The molecule has 0 saturated heterocycles. The summed E-state index contributed by atoms with van der Waals surface area (Å²) >= 11 is 7.00. The molecule has 3 rings (SSSR count). The molecule has 0 unspecified atom stereocenters. The van der Waals surface area contributed by atoms with E-state index in [1.807, 2.05) is 0 Å². The Morgan fingerprint density at radius 2 is 1.84 bits per heavy atom. The molecule has 1 N–H and O–H groups in total. The van der Waals surface area contributed by atoms with Crippen LogP contribution in [0.4, 0.5) is 5.88 Å². The van der Waals surface area contributed by atoms with Crippen molar-refractivity contribution in [2.45, 2.75) is 18.2 Å². The van der Waals surface area contributed by atoms with Crippen LogP contribution in [0.3, 0.4) is 0 Å². The van der Waals surface area contributed by atoms with Crippen molar-refractivity contribution in [2.75, 3.05) is 26.1 Å². The van der Waals surface area contributed by atoms with E-state index in [9.17, 15) is 13.2 Å². The molecular weight excluding hydrogens is 468 g/mol. The third kappa shape index (κ3) is 4.63. The maximum Gasteiger partial charge on any atom is 0.265 e. The molecule has 0 aliphatic rings. The Hall–Kier alpha value is -2.76. The molecule has 0 atom stereocenters. The van der Waals surface area contributed by atoms with Crippen molar-refractivity contribution in [3.8, 4) is 17.2 Å². The van der Waals surface area contributed by atoms with Crippen LogP contribution in [0.1, 0.15) is 20.9 Å². The molecule has 0 aliphatic carbocycles. The predicted molar refractivity (Wildman–Crippen MR) is 116 cm³/mol. The minimum atomic E-state index is -4.13. The summed E-state index contributed by atoms with van der Waals surface area (Å²) in [5, 5.41) is 5.17. The predicted octanol–water partition coefficient (Wildman–Crippen LogP) is 3.95. The molecule has 31 heavy (non-hydrogen) atoms.